The molecule has 0 bridgehead atoms. The average Bonchev–Trinajstić information content (AvgIpc) is 2.88. The Bertz CT molecular complexity index is 1020. The van der Waals surface area contributed by atoms with Crippen LogP contribution < -0.4 is 5.32 Å². The minimum Gasteiger partial charge on any atom is -0.460 e. The number of esters is 2. The molecule has 0 radical (unpaired) electrons. The summed E-state index contributed by atoms with van der Waals surface area (Å²) in [4.78, 5) is 34.2. The third-order valence-corrected chi connectivity index (χ3v) is 5.82. The van der Waals surface area contributed by atoms with Gasteiger partial charge in [0.25, 0.3) is 0 Å². The van der Waals surface area contributed by atoms with Crippen LogP contribution in [0, 0.1) is 11.8 Å². The zero-order valence-corrected chi connectivity index (χ0v) is 21.9. The quantitative estimate of drug-likeness (QED) is 0.319. The summed E-state index contributed by atoms with van der Waals surface area (Å²) in [6, 6.07) is 7.50. The molecule has 0 fully saturated rings. The summed E-state index contributed by atoms with van der Waals surface area (Å²) >= 11 is 0. The second-order valence-corrected chi connectivity index (χ2v) is 9.02. The van der Waals surface area contributed by atoms with Gasteiger partial charge in [0.15, 0.2) is 0 Å². The summed E-state index contributed by atoms with van der Waals surface area (Å²) in [5, 5.41) is 3.15. The molecule has 9 heteroatoms. The highest BCUT2D eigenvalue weighted by Gasteiger charge is 2.38. The summed E-state index contributed by atoms with van der Waals surface area (Å²) in [5.41, 5.74) is 4.05. The van der Waals surface area contributed by atoms with E-state index < -0.39 is 17.9 Å². The third-order valence-electron chi connectivity index (χ3n) is 5.82. The van der Waals surface area contributed by atoms with E-state index in [9.17, 15) is 9.59 Å². The topological polar surface area (TPSA) is 109 Å². The fourth-order valence-electron chi connectivity index (χ4n) is 4.14. The van der Waals surface area contributed by atoms with Gasteiger partial charge in [-0.25, -0.2) is 9.59 Å². The molecule has 0 amide bonds. The Labute approximate surface area is 217 Å². The van der Waals surface area contributed by atoms with Crippen molar-refractivity contribution in [3.63, 3.8) is 0 Å². The standard InChI is InChI=1S/C28H35N3O6/c1-19(2)24-25(27(32)36-13-11-34-17-22-7-5-9-29-15-22)20(3)31-21(4)26(24)28(33)37-14-12-35-18-23-8-6-10-30-16-23/h5-10,15-16,19,24,31H,11-14,17-18H2,1-4H3. The van der Waals surface area contributed by atoms with Gasteiger partial charge in [0.2, 0.25) is 0 Å². The van der Waals surface area contributed by atoms with Crippen molar-refractivity contribution in [2.45, 2.75) is 40.9 Å². The molecule has 0 aromatic carbocycles. The van der Waals surface area contributed by atoms with E-state index in [4.69, 9.17) is 18.9 Å². The number of nitrogens with one attached hydrogen (secondary N) is 1. The van der Waals surface area contributed by atoms with E-state index in [1.165, 1.54) is 0 Å². The maximum Gasteiger partial charge on any atom is 0.336 e. The predicted octanol–water partition coefficient (Wildman–Crippen LogP) is 3.72. The molecule has 0 atom stereocenters. The molecule has 1 aliphatic rings. The van der Waals surface area contributed by atoms with E-state index in [0.29, 0.717) is 35.8 Å². The summed E-state index contributed by atoms with van der Waals surface area (Å²) in [7, 11) is 0. The Balaban J connectivity index is 1.53. The van der Waals surface area contributed by atoms with Gasteiger partial charge >= 0.3 is 11.9 Å². The lowest BCUT2D eigenvalue weighted by atomic mass is 9.78. The van der Waals surface area contributed by atoms with Gasteiger partial charge in [0.1, 0.15) is 13.2 Å². The van der Waals surface area contributed by atoms with Crippen LogP contribution in [0.5, 0.6) is 0 Å². The Morgan fingerprint density at radius 1 is 0.811 bits per heavy atom. The number of dihydropyridines is 1. The summed E-state index contributed by atoms with van der Waals surface area (Å²) < 4.78 is 22.2. The highest BCUT2D eigenvalue weighted by molar-refractivity contribution is 5.97. The Morgan fingerprint density at radius 2 is 1.27 bits per heavy atom. The van der Waals surface area contributed by atoms with Gasteiger partial charge in [-0.15, -0.1) is 0 Å². The maximum atomic E-state index is 13.1. The first-order valence-electron chi connectivity index (χ1n) is 12.3. The van der Waals surface area contributed by atoms with Gasteiger partial charge in [0, 0.05) is 42.1 Å². The van der Waals surface area contributed by atoms with Crippen LogP contribution in [0.2, 0.25) is 0 Å². The number of carbonyl (C=O) groups excluding carboxylic acids is 2. The Morgan fingerprint density at radius 3 is 1.65 bits per heavy atom. The van der Waals surface area contributed by atoms with Crippen LogP contribution in [-0.2, 0) is 41.8 Å². The highest BCUT2D eigenvalue weighted by atomic mass is 16.6. The number of pyridine rings is 2. The molecule has 0 saturated heterocycles. The predicted molar refractivity (Wildman–Crippen MR) is 137 cm³/mol. The Kier molecular flexibility index (Phi) is 10.8. The average molecular weight is 510 g/mol. The lowest BCUT2D eigenvalue weighted by Gasteiger charge is -2.32. The molecule has 1 N–H and O–H groups in total. The molecule has 37 heavy (non-hydrogen) atoms. The fraction of sp³-hybridized carbons (Fsp3) is 0.429. The van der Waals surface area contributed by atoms with Crippen molar-refractivity contribution in [1.82, 2.24) is 15.3 Å². The van der Waals surface area contributed by atoms with Crippen LogP contribution in [-0.4, -0.2) is 48.3 Å². The SMILES string of the molecule is CC1=C(C(=O)OCCOCc2cccnc2)C(C(C)C)C(C(=O)OCCOCc2cccnc2)=C(C)N1. The zero-order chi connectivity index (χ0) is 26.6. The second-order valence-electron chi connectivity index (χ2n) is 9.02. The molecule has 2 aromatic rings. The van der Waals surface area contributed by atoms with Crippen molar-refractivity contribution < 1.29 is 28.5 Å². The van der Waals surface area contributed by atoms with Crippen molar-refractivity contribution in [3.8, 4) is 0 Å². The number of rotatable bonds is 13. The van der Waals surface area contributed by atoms with E-state index in [-0.39, 0.29) is 32.3 Å². The molecular weight excluding hydrogens is 474 g/mol. The first-order valence-corrected chi connectivity index (χ1v) is 12.3. The van der Waals surface area contributed by atoms with Gasteiger partial charge in [-0.05, 0) is 43.0 Å². The van der Waals surface area contributed by atoms with Crippen LogP contribution in [0.1, 0.15) is 38.8 Å². The lowest BCUT2D eigenvalue weighted by molar-refractivity contribution is -0.142. The first kappa shape index (κ1) is 28.0. The minimum absolute atomic E-state index is 0.0410. The molecule has 0 saturated carbocycles. The molecule has 198 valence electrons. The van der Waals surface area contributed by atoms with Crippen LogP contribution in [0.4, 0.5) is 0 Å². The third kappa shape index (κ3) is 8.23. The first-order chi connectivity index (χ1) is 17.9. The van der Waals surface area contributed by atoms with Gasteiger partial charge in [-0.2, -0.15) is 0 Å². The number of nitrogens with zero attached hydrogens (tertiary/aromatic N) is 2. The smallest absolute Gasteiger partial charge is 0.336 e. The van der Waals surface area contributed by atoms with Gasteiger partial charge in [-0.3, -0.25) is 9.97 Å². The Hall–Kier alpha value is -3.56. The molecule has 1 aliphatic heterocycles. The number of allylic oxidation sites excluding steroid dienone is 2. The van der Waals surface area contributed by atoms with Crippen LogP contribution in [0.25, 0.3) is 0 Å². The summed E-state index contributed by atoms with van der Waals surface area (Å²) in [6.07, 6.45) is 6.85. The van der Waals surface area contributed by atoms with Crippen LogP contribution in [0.3, 0.4) is 0 Å². The number of hydrogen-bond acceptors (Lipinski definition) is 9. The van der Waals surface area contributed by atoms with Crippen molar-refractivity contribution in [1.29, 1.82) is 0 Å². The number of aromatic nitrogens is 2. The molecule has 9 nitrogen and oxygen atoms in total. The van der Waals surface area contributed by atoms with Gasteiger partial charge in [0.05, 0.1) is 37.6 Å². The number of hydrogen-bond donors (Lipinski definition) is 1. The molecule has 0 aliphatic carbocycles. The summed E-state index contributed by atoms with van der Waals surface area (Å²) in [5.74, 6) is -1.47. The molecular formula is C28H35N3O6. The van der Waals surface area contributed by atoms with Crippen molar-refractivity contribution in [3.05, 3.63) is 82.7 Å². The van der Waals surface area contributed by atoms with Crippen molar-refractivity contribution in [2.75, 3.05) is 26.4 Å². The van der Waals surface area contributed by atoms with Crippen molar-refractivity contribution >= 4 is 11.9 Å². The molecule has 3 rings (SSSR count). The highest BCUT2D eigenvalue weighted by Crippen LogP contribution is 2.36. The fourth-order valence-corrected chi connectivity index (χ4v) is 4.14. The molecule has 3 heterocycles. The van der Waals surface area contributed by atoms with Gasteiger partial charge in [-0.1, -0.05) is 26.0 Å². The van der Waals surface area contributed by atoms with E-state index >= 15 is 0 Å². The summed E-state index contributed by atoms with van der Waals surface area (Å²) in [6.45, 7) is 8.99. The maximum absolute atomic E-state index is 13.1. The molecule has 0 spiro atoms. The number of carbonyl (C=O) groups is 2. The largest absolute Gasteiger partial charge is 0.460 e. The van der Waals surface area contributed by atoms with Crippen LogP contribution in [0.15, 0.2) is 71.6 Å². The van der Waals surface area contributed by atoms with Crippen molar-refractivity contribution in [2.24, 2.45) is 11.8 Å². The molecule has 0 unspecified atom stereocenters. The molecule has 2 aromatic heterocycles. The monoisotopic (exact) mass is 509 g/mol. The zero-order valence-electron chi connectivity index (χ0n) is 21.9. The van der Waals surface area contributed by atoms with Gasteiger partial charge < -0.3 is 24.3 Å². The van der Waals surface area contributed by atoms with E-state index in [0.717, 1.165) is 11.1 Å². The lowest BCUT2D eigenvalue weighted by Crippen LogP contribution is -2.36. The van der Waals surface area contributed by atoms with E-state index in [1.807, 2.05) is 52.0 Å². The normalized spacial score (nSPS) is 14.1. The second kappa shape index (κ2) is 14.2. The minimum atomic E-state index is -0.480. The van der Waals surface area contributed by atoms with E-state index in [1.54, 1.807) is 24.8 Å². The van der Waals surface area contributed by atoms with Crippen LogP contribution >= 0.6 is 0 Å². The van der Waals surface area contributed by atoms with E-state index in [2.05, 4.69) is 15.3 Å². The number of ether oxygens (including phenoxy) is 4.